The molecule has 1 N–H and O–H groups in total. The van der Waals surface area contributed by atoms with Crippen LogP contribution < -0.4 is 4.90 Å². The lowest BCUT2D eigenvalue weighted by Gasteiger charge is -2.32. The van der Waals surface area contributed by atoms with Gasteiger partial charge < -0.3 is 9.80 Å². The molecular formula is C19H29N2O+. The maximum Gasteiger partial charge on any atom is 0.231 e. The van der Waals surface area contributed by atoms with Gasteiger partial charge in [-0.2, -0.15) is 0 Å². The minimum Gasteiger partial charge on any atom is -0.342 e. The Kier molecular flexibility index (Phi) is 5.49. The van der Waals surface area contributed by atoms with Crippen LogP contribution in [0.4, 0.5) is 0 Å². The van der Waals surface area contributed by atoms with E-state index in [1.54, 1.807) is 4.90 Å². The normalized spacial score (nSPS) is 26.5. The van der Waals surface area contributed by atoms with Crippen LogP contribution in [0, 0.1) is 5.92 Å². The van der Waals surface area contributed by atoms with Crippen LogP contribution in [0.2, 0.25) is 0 Å². The zero-order valence-electron chi connectivity index (χ0n) is 13.6. The highest BCUT2D eigenvalue weighted by atomic mass is 16.2. The number of hydrogen-bond acceptors (Lipinski definition) is 1. The average molecular weight is 301 g/mol. The van der Waals surface area contributed by atoms with Crippen molar-refractivity contribution >= 4 is 5.91 Å². The van der Waals surface area contributed by atoms with Crippen molar-refractivity contribution in [3.05, 3.63) is 35.9 Å². The number of amides is 1. The fraction of sp³-hybridized carbons (Fsp3) is 0.632. The van der Waals surface area contributed by atoms with Gasteiger partial charge in [0.15, 0.2) is 0 Å². The molecule has 2 saturated heterocycles. The Morgan fingerprint density at radius 1 is 1.05 bits per heavy atom. The maximum absolute atomic E-state index is 12.8. The number of carbonyl (C=O) groups is 1. The molecule has 3 rings (SSSR count). The van der Waals surface area contributed by atoms with E-state index in [0.717, 1.165) is 32.6 Å². The van der Waals surface area contributed by atoms with E-state index in [1.807, 2.05) is 0 Å². The number of carbonyl (C=O) groups excluding carboxylic acids is 1. The highest BCUT2D eigenvalue weighted by Crippen LogP contribution is 2.16. The van der Waals surface area contributed by atoms with Gasteiger partial charge in [-0.05, 0) is 25.7 Å². The summed E-state index contributed by atoms with van der Waals surface area (Å²) in [6, 6.07) is 10.7. The second kappa shape index (κ2) is 7.77. The molecule has 2 unspecified atom stereocenters. The van der Waals surface area contributed by atoms with Crippen LogP contribution in [-0.2, 0) is 11.3 Å². The quantitative estimate of drug-likeness (QED) is 0.906. The fourth-order valence-electron chi connectivity index (χ4n) is 3.96. The van der Waals surface area contributed by atoms with Crippen molar-refractivity contribution in [1.82, 2.24) is 4.90 Å². The van der Waals surface area contributed by atoms with Gasteiger partial charge in [0.1, 0.15) is 6.54 Å². The fourth-order valence-corrected chi connectivity index (χ4v) is 3.96. The molecule has 0 aromatic heterocycles. The predicted octanol–water partition coefficient (Wildman–Crippen LogP) is 1.88. The Hall–Kier alpha value is -1.35. The SMILES string of the molecule is O=C(C1CCC[NH+](Cc2ccccc2)C1)N1CCCCCC1. The van der Waals surface area contributed by atoms with Crippen molar-refractivity contribution in [3.8, 4) is 0 Å². The molecule has 22 heavy (non-hydrogen) atoms. The molecule has 1 amide bonds. The van der Waals surface area contributed by atoms with E-state index in [9.17, 15) is 4.79 Å². The van der Waals surface area contributed by atoms with E-state index in [0.29, 0.717) is 5.91 Å². The second-order valence-electron chi connectivity index (χ2n) is 6.95. The molecule has 3 heteroatoms. The van der Waals surface area contributed by atoms with Gasteiger partial charge in [-0.15, -0.1) is 0 Å². The van der Waals surface area contributed by atoms with Crippen molar-refractivity contribution in [1.29, 1.82) is 0 Å². The van der Waals surface area contributed by atoms with E-state index < -0.39 is 0 Å². The Morgan fingerprint density at radius 3 is 2.50 bits per heavy atom. The van der Waals surface area contributed by atoms with Crippen molar-refractivity contribution in [2.24, 2.45) is 5.92 Å². The summed E-state index contributed by atoms with van der Waals surface area (Å²) in [5, 5.41) is 0. The lowest BCUT2D eigenvalue weighted by molar-refractivity contribution is -0.921. The molecule has 0 spiro atoms. The van der Waals surface area contributed by atoms with Gasteiger partial charge in [0.25, 0.3) is 0 Å². The molecule has 2 heterocycles. The number of hydrogen-bond donors (Lipinski definition) is 1. The summed E-state index contributed by atoms with van der Waals surface area (Å²) < 4.78 is 0. The summed E-state index contributed by atoms with van der Waals surface area (Å²) in [5.74, 6) is 0.692. The molecule has 2 atom stereocenters. The highest BCUT2D eigenvalue weighted by molar-refractivity contribution is 5.79. The van der Waals surface area contributed by atoms with Crippen LogP contribution in [-0.4, -0.2) is 37.0 Å². The smallest absolute Gasteiger partial charge is 0.231 e. The third-order valence-corrected chi connectivity index (χ3v) is 5.18. The largest absolute Gasteiger partial charge is 0.342 e. The Morgan fingerprint density at radius 2 is 1.77 bits per heavy atom. The Labute approximate surface area is 134 Å². The van der Waals surface area contributed by atoms with E-state index in [4.69, 9.17) is 0 Å². The highest BCUT2D eigenvalue weighted by Gasteiger charge is 2.31. The number of quaternary nitrogens is 1. The summed E-state index contributed by atoms with van der Waals surface area (Å²) in [5.41, 5.74) is 1.39. The molecule has 0 aliphatic carbocycles. The number of nitrogens with zero attached hydrogens (tertiary/aromatic N) is 1. The number of rotatable bonds is 3. The first-order valence-corrected chi connectivity index (χ1v) is 8.99. The average Bonchev–Trinajstić information content (AvgIpc) is 2.85. The van der Waals surface area contributed by atoms with E-state index in [2.05, 4.69) is 35.2 Å². The molecule has 120 valence electrons. The molecule has 2 aliphatic rings. The molecule has 0 bridgehead atoms. The van der Waals surface area contributed by atoms with Crippen LogP contribution in [0.3, 0.4) is 0 Å². The van der Waals surface area contributed by atoms with Crippen LogP contribution in [0.15, 0.2) is 30.3 Å². The molecule has 3 nitrogen and oxygen atoms in total. The van der Waals surface area contributed by atoms with Gasteiger partial charge in [-0.25, -0.2) is 0 Å². The summed E-state index contributed by atoms with van der Waals surface area (Å²) in [6.45, 7) is 5.26. The Balaban J connectivity index is 1.56. The second-order valence-corrected chi connectivity index (χ2v) is 6.95. The molecule has 2 aliphatic heterocycles. The first-order valence-electron chi connectivity index (χ1n) is 8.99. The number of likely N-dealkylation sites (tertiary alicyclic amines) is 2. The van der Waals surface area contributed by atoms with Crippen molar-refractivity contribution in [2.45, 2.75) is 45.1 Å². The van der Waals surface area contributed by atoms with Gasteiger partial charge in [-0.3, -0.25) is 4.79 Å². The molecule has 0 saturated carbocycles. The predicted molar refractivity (Wildman–Crippen MR) is 88.6 cm³/mol. The summed E-state index contributed by atoms with van der Waals surface area (Å²) in [7, 11) is 0. The lowest BCUT2D eigenvalue weighted by Crippen LogP contribution is -3.12. The number of piperidine rings is 1. The van der Waals surface area contributed by atoms with Gasteiger partial charge in [-0.1, -0.05) is 43.2 Å². The minimum absolute atomic E-state index is 0.255. The zero-order valence-corrected chi connectivity index (χ0v) is 13.6. The zero-order chi connectivity index (χ0) is 15.2. The van der Waals surface area contributed by atoms with E-state index in [-0.39, 0.29) is 5.92 Å². The van der Waals surface area contributed by atoms with Gasteiger partial charge in [0.2, 0.25) is 5.91 Å². The minimum atomic E-state index is 0.255. The third-order valence-electron chi connectivity index (χ3n) is 5.18. The van der Waals surface area contributed by atoms with Crippen LogP contribution >= 0.6 is 0 Å². The Bertz CT molecular complexity index is 466. The standard InChI is InChI=1S/C19H28N2O/c22-19(21-13-6-1-2-7-14-21)18-11-8-12-20(16-18)15-17-9-4-3-5-10-17/h3-5,9-10,18H,1-2,6-8,11-16H2/p+1. The number of benzene rings is 1. The van der Waals surface area contributed by atoms with E-state index in [1.165, 1.54) is 44.2 Å². The maximum atomic E-state index is 12.8. The topological polar surface area (TPSA) is 24.8 Å². The number of nitrogens with one attached hydrogen (secondary N) is 1. The van der Waals surface area contributed by atoms with E-state index >= 15 is 0 Å². The van der Waals surface area contributed by atoms with Crippen molar-refractivity contribution in [2.75, 3.05) is 26.2 Å². The first-order chi connectivity index (χ1) is 10.8. The van der Waals surface area contributed by atoms with Gasteiger partial charge in [0, 0.05) is 18.7 Å². The third kappa shape index (κ3) is 4.10. The molecule has 1 aromatic carbocycles. The van der Waals surface area contributed by atoms with Crippen molar-refractivity contribution in [3.63, 3.8) is 0 Å². The van der Waals surface area contributed by atoms with Crippen LogP contribution in [0.1, 0.15) is 44.1 Å². The molecular weight excluding hydrogens is 272 g/mol. The summed E-state index contributed by atoms with van der Waals surface area (Å²) >= 11 is 0. The molecule has 0 radical (unpaired) electrons. The van der Waals surface area contributed by atoms with Crippen LogP contribution in [0.5, 0.6) is 0 Å². The monoisotopic (exact) mass is 301 g/mol. The lowest BCUT2D eigenvalue weighted by atomic mass is 9.96. The first kappa shape index (κ1) is 15.5. The van der Waals surface area contributed by atoms with Crippen molar-refractivity contribution < 1.29 is 9.69 Å². The summed E-state index contributed by atoms with van der Waals surface area (Å²) in [4.78, 5) is 16.5. The van der Waals surface area contributed by atoms with Gasteiger partial charge in [0.05, 0.1) is 19.0 Å². The summed E-state index contributed by atoms with van der Waals surface area (Å²) in [6.07, 6.45) is 7.25. The molecule has 2 fully saturated rings. The van der Waals surface area contributed by atoms with Crippen LogP contribution in [0.25, 0.3) is 0 Å². The molecule has 1 aromatic rings. The van der Waals surface area contributed by atoms with Gasteiger partial charge >= 0.3 is 0 Å².